The van der Waals surface area contributed by atoms with Crippen LogP contribution < -0.4 is 0 Å². The van der Waals surface area contributed by atoms with Crippen molar-refractivity contribution in [2.75, 3.05) is 11.5 Å². The highest BCUT2D eigenvalue weighted by Gasteiger charge is 2.22. The third kappa shape index (κ3) is 6.84. The normalized spacial score (nSPS) is 12.8. The fourth-order valence-electron chi connectivity index (χ4n) is 6.55. The van der Waals surface area contributed by atoms with Gasteiger partial charge >= 0.3 is 0 Å². The van der Waals surface area contributed by atoms with Crippen molar-refractivity contribution in [3.63, 3.8) is 0 Å². The topological polar surface area (TPSA) is 94.6 Å². The Kier molecular flexibility index (Phi) is 9.76. The van der Waals surface area contributed by atoms with Crippen LogP contribution in [-0.2, 0) is 19.7 Å². The molecule has 2 aromatic heterocycles. The lowest BCUT2D eigenvalue weighted by molar-refractivity contribution is 0.480. The van der Waals surface area contributed by atoms with Gasteiger partial charge in [-0.2, -0.15) is 0 Å². The molecule has 0 amide bonds. The van der Waals surface area contributed by atoms with Crippen molar-refractivity contribution in [3.8, 4) is 0 Å². The average molecular weight is 661 g/mol. The van der Waals surface area contributed by atoms with Gasteiger partial charge in [0.05, 0.1) is 11.5 Å². The summed E-state index contributed by atoms with van der Waals surface area (Å²) >= 11 is 0. The predicted octanol–water partition coefficient (Wildman–Crippen LogP) is 10.9. The highest BCUT2D eigenvalue weighted by Crippen LogP contribution is 2.37. The molecule has 0 bridgehead atoms. The minimum Gasteiger partial charge on any atom is -0.445 e. The third-order valence-electron chi connectivity index (χ3n) is 9.21. The van der Waals surface area contributed by atoms with Crippen molar-refractivity contribution in [2.24, 2.45) is 0 Å². The zero-order chi connectivity index (χ0) is 32.3. The van der Waals surface area contributed by atoms with E-state index in [0.717, 1.165) is 94.5 Å². The molecule has 6 aromatic rings. The molecule has 2 heterocycles. The van der Waals surface area contributed by atoms with E-state index in [1.807, 2.05) is 36.4 Å². The first-order chi connectivity index (χ1) is 22.2. The van der Waals surface area contributed by atoms with Gasteiger partial charge in [-0.25, -0.2) is 16.8 Å². The molecule has 6 rings (SSSR count). The standard InChI is InChI=1S/C38H44O6S2/c1-3-5-7-9-11-13-19-45(39,40)37-23-29-21-27-15-17-32-31(33(27)25-35(29)43-37)18-16-28-22-30-24-38(44-36(30)26-34(28)32)46(41,42)20-14-12-10-8-6-4-2/h15-18,21-26H,3-14,19-20H2,1-2H3. The number of furan rings is 2. The molecule has 0 N–H and O–H groups in total. The van der Waals surface area contributed by atoms with Gasteiger partial charge in [-0.05, 0) is 69.4 Å². The van der Waals surface area contributed by atoms with E-state index in [0.29, 0.717) is 24.0 Å². The van der Waals surface area contributed by atoms with E-state index in [4.69, 9.17) is 8.83 Å². The maximum Gasteiger partial charge on any atom is 0.219 e. The Morgan fingerprint density at radius 1 is 0.435 bits per heavy atom. The lowest BCUT2D eigenvalue weighted by atomic mass is 9.96. The van der Waals surface area contributed by atoms with Gasteiger partial charge in [0.2, 0.25) is 29.9 Å². The third-order valence-corrected chi connectivity index (χ3v) is 12.5. The Morgan fingerprint density at radius 2 is 0.826 bits per heavy atom. The molecule has 0 aliphatic heterocycles. The fraction of sp³-hybridized carbons (Fsp3) is 0.421. The molecule has 0 unspecified atom stereocenters. The van der Waals surface area contributed by atoms with Crippen LogP contribution in [0.4, 0.5) is 0 Å². The summed E-state index contributed by atoms with van der Waals surface area (Å²) in [5.74, 6) is 0.188. The van der Waals surface area contributed by atoms with Crippen LogP contribution in [0.5, 0.6) is 0 Å². The van der Waals surface area contributed by atoms with Gasteiger partial charge in [0.1, 0.15) is 11.2 Å². The van der Waals surface area contributed by atoms with Gasteiger partial charge < -0.3 is 8.83 Å². The quantitative estimate of drug-likeness (QED) is 0.0757. The Morgan fingerprint density at radius 3 is 1.24 bits per heavy atom. The van der Waals surface area contributed by atoms with E-state index in [-0.39, 0.29) is 21.7 Å². The van der Waals surface area contributed by atoms with Gasteiger partial charge in [-0.15, -0.1) is 0 Å². The molecule has 46 heavy (non-hydrogen) atoms. The Bertz CT molecular complexity index is 2060. The van der Waals surface area contributed by atoms with Crippen molar-refractivity contribution >= 4 is 73.9 Å². The van der Waals surface area contributed by atoms with Crippen LogP contribution in [0.3, 0.4) is 0 Å². The molecule has 0 atom stereocenters. The molecule has 0 aliphatic carbocycles. The number of benzene rings is 4. The van der Waals surface area contributed by atoms with E-state index >= 15 is 0 Å². The summed E-state index contributed by atoms with van der Waals surface area (Å²) in [6, 6.07) is 19.3. The minimum absolute atomic E-state index is 0.0311. The van der Waals surface area contributed by atoms with Crippen LogP contribution in [0.25, 0.3) is 54.3 Å². The van der Waals surface area contributed by atoms with E-state index in [2.05, 4.69) is 26.0 Å². The van der Waals surface area contributed by atoms with Crippen LogP contribution in [0.1, 0.15) is 90.9 Å². The van der Waals surface area contributed by atoms with Gasteiger partial charge in [0.15, 0.2) is 0 Å². The van der Waals surface area contributed by atoms with Crippen molar-refractivity contribution in [1.82, 2.24) is 0 Å². The number of hydrogen-bond acceptors (Lipinski definition) is 6. The predicted molar refractivity (Wildman–Crippen MR) is 189 cm³/mol. The molecule has 6 nitrogen and oxygen atoms in total. The molecule has 8 heteroatoms. The molecule has 0 radical (unpaired) electrons. The summed E-state index contributed by atoms with van der Waals surface area (Å²) in [6.07, 6.45) is 12.2. The number of sulfone groups is 2. The average Bonchev–Trinajstić information content (AvgIpc) is 3.67. The highest BCUT2D eigenvalue weighted by molar-refractivity contribution is 7.91. The van der Waals surface area contributed by atoms with Crippen molar-refractivity contribution in [3.05, 3.63) is 60.7 Å². The van der Waals surface area contributed by atoms with Crippen molar-refractivity contribution in [2.45, 2.75) is 101 Å². The lowest BCUT2D eigenvalue weighted by Gasteiger charge is -2.08. The van der Waals surface area contributed by atoms with E-state index < -0.39 is 19.7 Å². The molecule has 244 valence electrons. The largest absolute Gasteiger partial charge is 0.445 e. The van der Waals surface area contributed by atoms with E-state index in [9.17, 15) is 16.8 Å². The summed E-state index contributed by atoms with van der Waals surface area (Å²) in [5.41, 5.74) is 1.09. The molecular formula is C38H44O6S2. The molecule has 0 spiro atoms. The van der Waals surface area contributed by atoms with Crippen LogP contribution in [0, 0.1) is 0 Å². The summed E-state index contributed by atoms with van der Waals surface area (Å²) in [7, 11) is -7.01. The van der Waals surface area contributed by atoms with Crippen molar-refractivity contribution < 1.29 is 25.7 Å². The maximum absolute atomic E-state index is 13.1. The van der Waals surface area contributed by atoms with E-state index in [1.54, 1.807) is 12.1 Å². The van der Waals surface area contributed by atoms with Crippen LogP contribution >= 0.6 is 0 Å². The maximum atomic E-state index is 13.1. The van der Waals surface area contributed by atoms with Gasteiger partial charge in [0, 0.05) is 22.9 Å². The fourth-order valence-corrected chi connectivity index (χ4v) is 9.17. The zero-order valence-electron chi connectivity index (χ0n) is 26.9. The number of fused-ring (bicyclic) bond motifs is 7. The number of hydrogen-bond donors (Lipinski definition) is 0. The first-order valence-electron chi connectivity index (χ1n) is 16.9. The van der Waals surface area contributed by atoms with Gasteiger partial charge in [-0.3, -0.25) is 0 Å². The number of unbranched alkanes of at least 4 members (excludes halogenated alkanes) is 10. The van der Waals surface area contributed by atoms with Crippen LogP contribution in [0.2, 0.25) is 0 Å². The first kappa shape index (κ1) is 32.6. The number of rotatable bonds is 16. The highest BCUT2D eigenvalue weighted by atomic mass is 32.2. The molecule has 0 saturated heterocycles. The first-order valence-corrected chi connectivity index (χ1v) is 20.2. The zero-order valence-corrected chi connectivity index (χ0v) is 28.6. The SMILES string of the molecule is CCCCCCCCS(=O)(=O)c1cc2cc3ccc4c5cc6oc(S(=O)(=O)CCCCCCCC)cc6cc5ccc4c3cc2o1. The smallest absolute Gasteiger partial charge is 0.219 e. The molecule has 0 fully saturated rings. The molecule has 0 saturated carbocycles. The molecule has 0 aliphatic rings. The second-order valence-electron chi connectivity index (χ2n) is 12.8. The van der Waals surface area contributed by atoms with Gasteiger partial charge in [0.25, 0.3) is 0 Å². The monoisotopic (exact) mass is 660 g/mol. The Balaban J connectivity index is 1.29. The van der Waals surface area contributed by atoms with Gasteiger partial charge in [-0.1, -0.05) is 102 Å². The lowest BCUT2D eigenvalue weighted by Crippen LogP contribution is -2.05. The Hall–Kier alpha value is -3.36. The molecule has 4 aromatic carbocycles. The van der Waals surface area contributed by atoms with E-state index in [1.165, 1.54) is 12.8 Å². The summed E-state index contributed by atoms with van der Waals surface area (Å²) < 4.78 is 64.2. The van der Waals surface area contributed by atoms with Crippen LogP contribution in [-0.4, -0.2) is 28.3 Å². The summed E-state index contributed by atoms with van der Waals surface area (Å²) in [4.78, 5) is 0. The second kappa shape index (κ2) is 13.8. The van der Waals surface area contributed by atoms with Crippen molar-refractivity contribution in [1.29, 1.82) is 0 Å². The molecular weight excluding hydrogens is 617 g/mol. The summed E-state index contributed by atoms with van der Waals surface area (Å²) in [6.45, 7) is 4.34. The van der Waals surface area contributed by atoms with Crippen LogP contribution in [0.15, 0.2) is 79.7 Å². The Labute approximate surface area is 272 Å². The minimum atomic E-state index is -3.51. The second-order valence-corrected chi connectivity index (χ2v) is 16.8. The summed E-state index contributed by atoms with van der Waals surface area (Å²) in [5, 5.41) is 7.49.